The second-order valence-electron chi connectivity index (χ2n) is 7.63. The lowest BCUT2D eigenvalue weighted by molar-refractivity contribution is -0.122. The molecule has 1 atom stereocenters. The van der Waals surface area contributed by atoms with Crippen molar-refractivity contribution in [1.82, 2.24) is 0 Å². The van der Waals surface area contributed by atoms with Crippen LogP contribution in [-0.4, -0.2) is 23.8 Å². The van der Waals surface area contributed by atoms with E-state index in [0.29, 0.717) is 22.6 Å². The summed E-state index contributed by atoms with van der Waals surface area (Å²) in [5.74, 6) is -1.04. The number of nitrogens with zero attached hydrogens (tertiary/aromatic N) is 1. The predicted molar refractivity (Wildman–Crippen MR) is 121 cm³/mol. The van der Waals surface area contributed by atoms with Crippen molar-refractivity contribution in [3.8, 4) is 0 Å². The number of hydrogen-bond donors (Lipinski definition) is 2. The first-order chi connectivity index (χ1) is 14.9. The Morgan fingerprint density at radius 2 is 1.61 bits per heavy atom. The summed E-state index contributed by atoms with van der Waals surface area (Å²) in [4.78, 5) is 40.7. The molecule has 4 rings (SSSR count). The molecule has 6 heteroatoms. The third-order valence-electron chi connectivity index (χ3n) is 5.34. The lowest BCUT2D eigenvalue weighted by Gasteiger charge is -2.36. The number of rotatable bonds is 4. The highest BCUT2D eigenvalue weighted by Crippen LogP contribution is 2.34. The highest BCUT2D eigenvalue weighted by molar-refractivity contribution is 6.18. The van der Waals surface area contributed by atoms with Gasteiger partial charge in [-0.2, -0.15) is 0 Å². The zero-order valence-corrected chi connectivity index (χ0v) is 17.4. The summed E-state index contributed by atoms with van der Waals surface area (Å²) in [5, 5.41) is 5.64. The summed E-state index contributed by atoms with van der Waals surface area (Å²) >= 11 is 0. The van der Waals surface area contributed by atoms with Crippen LogP contribution >= 0.6 is 0 Å². The molecule has 0 bridgehead atoms. The van der Waals surface area contributed by atoms with E-state index >= 15 is 0 Å². The van der Waals surface area contributed by atoms with Crippen LogP contribution in [0.3, 0.4) is 0 Å². The molecule has 0 spiro atoms. The number of anilines is 3. The first-order valence-electron chi connectivity index (χ1n) is 10.1. The third-order valence-corrected chi connectivity index (χ3v) is 5.34. The molecule has 0 saturated heterocycles. The van der Waals surface area contributed by atoms with Gasteiger partial charge in [0.1, 0.15) is 6.04 Å². The Morgan fingerprint density at radius 1 is 0.935 bits per heavy atom. The van der Waals surface area contributed by atoms with E-state index in [4.69, 9.17) is 0 Å². The normalized spacial score (nSPS) is 15.1. The molecule has 0 fully saturated rings. The standard InChI is InChI=1S/C25H23N3O3/c1-16-11-13-18(14-12-16)26-23(29)15-22-24(30)27-20-9-5-6-10-21(20)28(22)25(31)19-8-4-3-7-17(19)2/h3-14,22H,15H2,1-2H3,(H,26,29)(H,27,30)/t22-/m1/s1. The molecule has 0 aliphatic carbocycles. The maximum Gasteiger partial charge on any atom is 0.259 e. The van der Waals surface area contributed by atoms with Gasteiger partial charge in [0.05, 0.1) is 17.8 Å². The highest BCUT2D eigenvalue weighted by Gasteiger charge is 2.38. The van der Waals surface area contributed by atoms with Gasteiger partial charge in [-0.05, 0) is 49.7 Å². The molecular formula is C25H23N3O3. The van der Waals surface area contributed by atoms with Crippen molar-refractivity contribution in [2.45, 2.75) is 26.3 Å². The SMILES string of the molecule is Cc1ccc(NC(=O)C[C@@H]2C(=O)Nc3ccccc3N2C(=O)c2ccccc2C)cc1. The predicted octanol–water partition coefficient (Wildman–Crippen LogP) is 4.30. The minimum atomic E-state index is -0.965. The number of carbonyl (C=O) groups excluding carboxylic acids is 3. The summed E-state index contributed by atoms with van der Waals surface area (Å²) in [6, 6.07) is 20.8. The van der Waals surface area contributed by atoms with Crippen LogP contribution in [0, 0.1) is 13.8 Å². The van der Waals surface area contributed by atoms with Gasteiger partial charge >= 0.3 is 0 Å². The van der Waals surface area contributed by atoms with Gasteiger partial charge in [0, 0.05) is 11.3 Å². The molecule has 156 valence electrons. The Kier molecular flexibility index (Phi) is 5.54. The maximum atomic E-state index is 13.5. The molecule has 3 aromatic carbocycles. The molecule has 1 heterocycles. The molecule has 3 aromatic rings. The highest BCUT2D eigenvalue weighted by atomic mass is 16.2. The lowest BCUT2D eigenvalue weighted by atomic mass is 10.0. The van der Waals surface area contributed by atoms with Crippen molar-refractivity contribution in [1.29, 1.82) is 0 Å². The number of nitrogens with one attached hydrogen (secondary N) is 2. The van der Waals surface area contributed by atoms with E-state index in [1.165, 1.54) is 4.90 Å². The number of para-hydroxylation sites is 2. The van der Waals surface area contributed by atoms with Gasteiger partial charge in [-0.25, -0.2) is 0 Å². The average molecular weight is 413 g/mol. The van der Waals surface area contributed by atoms with Gasteiger partial charge in [-0.3, -0.25) is 19.3 Å². The summed E-state index contributed by atoms with van der Waals surface area (Å²) in [6.45, 7) is 3.81. The van der Waals surface area contributed by atoms with Gasteiger partial charge in [0.2, 0.25) is 11.8 Å². The molecule has 31 heavy (non-hydrogen) atoms. The number of fused-ring (bicyclic) bond motifs is 1. The van der Waals surface area contributed by atoms with Crippen LogP contribution in [0.25, 0.3) is 0 Å². The zero-order chi connectivity index (χ0) is 22.0. The summed E-state index contributed by atoms with van der Waals surface area (Å²) in [7, 11) is 0. The van der Waals surface area contributed by atoms with Crippen molar-refractivity contribution in [2.75, 3.05) is 15.5 Å². The Morgan fingerprint density at radius 3 is 2.35 bits per heavy atom. The molecule has 0 unspecified atom stereocenters. The number of amides is 3. The monoisotopic (exact) mass is 413 g/mol. The van der Waals surface area contributed by atoms with E-state index in [0.717, 1.165) is 11.1 Å². The second kappa shape index (κ2) is 8.44. The van der Waals surface area contributed by atoms with Crippen LogP contribution in [0.15, 0.2) is 72.8 Å². The lowest BCUT2D eigenvalue weighted by Crippen LogP contribution is -2.52. The fourth-order valence-electron chi connectivity index (χ4n) is 3.69. The number of aryl methyl sites for hydroxylation is 2. The Bertz CT molecular complexity index is 1150. The number of benzene rings is 3. The minimum absolute atomic E-state index is 0.161. The molecule has 1 aliphatic heterocycles. The van der Waals surface area contributed by atoms with Crippen LogP contribution in [0.4, 0.5) is 17.1 Å². The number of carbonyl (C=O) groups is 3. The van der Waals surface area contributed by atoms with E-state index < -0.39 is 6.04 Å². The van der Waals surface area contributed by atoms with Crippen LogP contribution in [0.1, 0.15) is 27.9 Å². The topological polar surface area (TPSA) is 78.5 Å². The van der Waals surface area contributed by atoms with E-state index in [-0.39, 0.29) is 24.1 Å². The first-order valence-corrected chi connectivity index (χ1v) is 10.1. The molecule has 3 amide bonds. The maximum absolute atomic E-state index is 13.5. The van der Waals surface area contributed by atoms with Crippen LogP contribution in [0.5, 0.6) is 0 Å². The molecule has 2 N–H and O–H groups in total. The first kappa shape index (κ1) is 20.3. The van der Waals surface area contributed by atoms with Gasteiger partial charge in [-0.15, -0.1) is 0 Å². The average Bonchev–Trinajstić information content (AvgIpc) is 2.76. The van der Waals surface area contributed by atoms with Crippen molar-refractivity contribution in [3.05, 3.63) is 89.5 Å². The summed E-state index contributed by atoms with van der Waals surface area (Å²) in [5.41, 5.74) is 4.14. The molecule has 1 aliphatic rings. The van der Waals surface area contributed by atoms with Crippen molar-refractivity contribution in [2.24, 2.45) is 0 Å². The Balaban J connectivity index is 1.66. The molecule has 0 aromatic heterocycles. The van der Waals surface area contributed by atoms with E-state index in [2.05, 4.69) is 10.6 Å². The van der Waals surface area contributed by atoms with Crippen molar-refractivity contribution < 1.29 is 14.4 Å². The fourth-order valence-corrected chi connectivity index (χ4v) is 3.69. The quantitative estimate of drug-likeness (QED) is 0.669. The largest absolute Gasteiger partial charge is 0.326 e. The van der Waals surface area contributed by atoms with Gasteiger partial charge in [-0.1, -0.05) is 48.0 Å². The Labute approximate surface area is 180 Å². The number of hydrogen-bond acceptors (Lipinski definition) is 3. The van der Waals surface area contributed by atoms with E-state index in [1.807, 2.05) is 38.1 Å². The van der Waals surface area contributed by atoms with Crippen LogP contribution in [0.2, 0.25) is 0 Å². The molecule has 0 radical (unpaired) electrons. The van der Waals surface area contributed by atoms with Crippen LogP contribution < -0.4 is 15.5 Å². The summed E-state index contributed by atoms with van der Waals surface area (Å²) in [6.07, 6.45) is -0.161. The minimum Gasteiger partial charge on any atom is -0.326 e. The second-order valence-corrected chi connectivity index (χ2v) is 7.63. The molecule has 6 nitrogen and oxygen atoms in total. The van der Waals surface area contributed by atoms with Crippen molar-refractivity contribution in [3.63, 3.8) is 0 Å². The van der Waals surface area contributed by atoms with E-state index in [1.54, 1.807) is 48.5 Å². The van der Waals surface area contributed by atoms with Crippen LogP contribution in [-0.2, 0) is 9.59 Å². The third kappa shape index (κ3) is 4.19. The van der Waals surface area contributed by atoms with Crippen molar-refractivity contribution >= 4 is 34.8 Å². The molecular weight excluding hydrogens is 390 g/mol. The van der Waals surface area contributed by atoms with E-state index in [9.17, 15) is 14.4 Å². The zero-order valence-electron chi connectivity index (χ0n) is 17.4. The fraction of sp³-hybridized carbons (Fsp3) is 0.160. The summed E-state index contributed by atoms with van der Waals surface area (Å²) < 4.78 is 0. The van der Waals surface area contributed by atoms with Gasteiger partial charge in [0.15, 0.2) is 0 Å². The van der Waals surface area contributed by atoms with Gasteiger partial charge in [0.25, 0.3) is 5.91 Å². The Hall–Kier alpha value is -3.93. The molecule has 0 saturated carbocycles. The van der Waals surface area contributed by atoms with Gasteiger partial charge < -0.3 is 10.6 Å². The smallest absolute Gasteiger partial charge is 0.259 e.